The van der Waals surface area contributed by atoms with Crippen LogP contribution in [-0.4, -0.2) is 24.5 Å². The summed E-state index contributed by atoms with van der Waals surface area (Å²) in [7, 11) is 2.15. The van der Waals surface area contributed by atoms with E-state index in [9.17, 15) is 0 Å². The zero-order valence-corrected chi connectivity index (χ0v) is 9.48. The molecular weight excluding hydrogens is 182 g/mol. The third kappa shape index (κ3) is 3.70. The highest BCUT2D eigenvalue weighted by Crippen LogP contribution is 2.26. The zero-order chi connectivity index (χ0) is 9.84. The number of halogens is 1. The molecule has 1 fully saturated rings. The molecule has 1 nitrogen and oxygen atoms in total. The zero-order valence-electron chi connectivity index (χ0n) is 8.72. The molecular formula is C11H20ClN. The van der Waals surface area contributed by atoms with E-state index in [4.69, 9.17) is 11.6 Å². The van der Waals surface area contributed by atoms with E-state index in [0.29, 0.717) is 0 Å². The predicted octanol–water partition coefficient (Wildman–Crippen LogP) is 3.25. The summed E-state index contributed by atoms with van der Waals surface area (Å²) in [5.74, 6) is 0.920. The van der Waals surface area contributed by atoms with Gasteiger partial charge in [0.05, 0.1) is 0 Å². The van der Waals surface area contributed by atoms with Crippen molar-refractivity contribution in [3.05, 3.63) is 11.6 Å². The Morgan fingerprint density at radius 3 is 2.38 bits per heavy atom. The summed E-state index contributed by atoms with van der Waals surface area (Å²) < 4.78 is 0. The quantitative estimate of drug-likeness (QED) is 0.678. The molecule has 1 aliphatic rings. The minimum Gasteiger partial charge on any atom is -0.298 e. The van der Waals surface area contributed by atoms with Gasteiger partial charge in [0.25, 0.3) is 0 Å². The fourth-order valence-electron chi connectivity index (χ4n) is 2.08. The molecule has 0 aromatic carbocycles. The summed E-state index contributed by atoms with van der Waals surface area (Å²) in [6.07, 6.45) is 5.37. The number of rotatable bonds is 3. The number of likely N-dealkylation sites (N-methyl/N-ethyl adjacent to an activating group) is 1. The van der Waals surface area contributed by atoms with Crippen LogP contribution in [0.4, 0.5) is 0 Å². The smallest absolute Gasteiger partial charge is 0.0335 e. The minimum absolute atomic E-state index is 0.728. The van der Waals surface area contributed by atoms with Gasteiger partial charge in [0.1, 0.15) is 0 Å². The Bertz CT molecular complexity index is 171. The molecule has 0 unspecified atom stereocenters. The van der Waals surface area contributed by atoms with Crippen LogP contribution in [0.5, 0.6) is 0 Å². The number of hydrogen-bond acceptors (Lipinski definition) is 1. The monoisotopic (exact) mass is 201 g/mol. The molecule has 0 aliphatic heterocycles. The molecule has 0 aromatic heterocycles. The Balaban J connectivity index is 2.31. The van der Waals surface area contributed by atoms with Gasteiger partial charge in [-0.15, -0.1) is 0 Å². The summed E-state index contributed by atoms with van der Waals surface area (Å²) in [4.78, 5) is 2.33. The third-order valence-corrected chi connectivity index (χ3v) is 3.15. The first-order valence-electron chi connectivity index (χ1n) is 5.13. The number of hydrogen-bond donors (Lipinski definition) is 0. The van der Waals surface area contributed by atoms with Crippen molar-refractivity contribution < 1.29 is 0 Å². The van der Waals surface area contributed by atoms with Gasteiger partial charge in [-0.2, -0.15) is 0 Å². The lowest BCUT2D eigenvalue weighted by atomic mass is 9.87. The van der Waals surface area contributed by atoms with Crippen LogP contribution < -0.4 is 0 Å². The molecule has 0 spiro atoms. The molecule has 0 bridgehead atoms. The average Bonchev–Trinajstić information content (AvgIpc) is 2.04. The van der Waals surface area contributed by atoms with Crippen LogP contribution in [0.2, 0.25) is 0 Å². The van der Waals surface area contributed by atoms with Crippen molar-refractivity contribution in [2.24, 2.45) is 5.92 Å². The highest BCUT2D eigenvalue weighted by molar-refractivity contribution is 6.29. The first-order valence-corrected chi connectivity index (χ1v) is 5.51. The van der Waals surface area contributed by atoms with Crippen molar-refractivity contribution in [2.45, 2.75) is 38.6 Å². The maximum Gasteiger partial charge on any atom is 0.0335 e. The summed E-state index contributed by atoms with van der Waals surface area (Å²) in [5, 5.41) is 0.751. The lowest BCUT2D eigenvalue weighted by Gasteiger charge is -2.33. The molecule has 1 aliphatic carbocycles. The van der Waals surface area contributed by atoms with Crippen molar-refractivity contribution in [1.82, 2.24) is 4.90 Å². The third-order valence-electron chi connectivity index (χ3n) is 3.03. The largest absolute Gasteiger partial charge is 0.298 e. The second-order valence-electron chi connectivity index (χ2n) is 4.35. The van der Waals surface area contributed by atoms with Crippen LogP contribution in [0.25, 0.3) is 0 Å². The van der Waals surface area contributed by atoms with Gasteiger partial charge < -0.3 is 0 Å². The van der Waals surface area contributed by atoms with E-state index >= 15 is 0 Å². The Labute approximate surface area is 86.8 Å². The maximum atomic E-state index is 5.78. The second-order valence-corrected chi connectivity index (χ2v) is 4.88. The summed E-state index contributed by atoms with van der Waals surface area (Å²) in [6.45, 7) is 6.91. The van der Waals surface area contributed by atoms with E-state index in [0.717, 1.165) is 23.5 Å². The molecule has 13 heavy (non-hydrogen) atoms. The van der Waals surface area contributed by atoms with E-state index in [2.05, 4.69) is 25.5 Å². The normalized spacial score (nSPS) is 29.2. The molecule has 0 atom stereocenters. The van der Waals surface area contributed by atoms with Crippen LogP contribution >= 0.6 is 11.6 Å². The van der Waals surface area contributed by atoms with Crippen molar-refractivity contribution in [3.63, 3.8) is 0 Å². The number of nitrogens with zero attached hydrogens (tertiary/aromatic N) is 1. The maximum absolute atomic E-state index is 5.78. The fraction of sp³-hybridized carbons (Fsp3) is 0.818. The summed E-state index contributed by atoms with van der Waals surface area (Å²) in [6, 6.07) is 0.728. The second kappa shape index (κ2) is 5.02. The van der Waals surface area contributed by atoms with Crippen molar-refractivity contribution in [2.75, 3.05) is 13.6 Å². The molecule has 0 N–H and O–H groups in total. The SMILES string of the molecule is C=C(Cl)CN(C)C1CCC(C)CC1. The highest BCUT2D eigenvalue weighted by Gasteiger charge is 2.21. The average molecular weight is 202 g/mol. The van der Waals surface area contributed by atoms with Crippen LogP contribution in [-0.2, 0) is 0 Å². The Hall–Kier alpha value is -0.0100. The van der Waals surface area contributed by atoms with Crippen molar-refractivity contribution in [1.29, 1.82) is 0 Å². The van der Waals surface area contributed by atoms with Gasteiger partial charge in [-0.3, -0.25) is 4.90 Å². The lowest BCUT2D eigenvalue weighted by molar-refractivity contribution is 0.183. The van der Waals surface area contributed by atoms with Gasteiger partial charge in [-0.1, -0.05) is 25.1 Å². The molecule has 0 saturated heterocycles. The highest BCUT2D eigenvalue weighted by atomic mass is 35.5. The Kier molecular flexibility index (Phi) is 4.27. The molecule has 0 amide bonds. The van der Waals surface area contributed by atoms with E-state index in [1.807, 2.05) is 0 Å². The van der Waals surface area contributed by atoms with Crippen LogP contribution in [0.3, 0.4) is 0 Å². The van der Waals surface area contributed by atoms with E-state index in [1.54, 1.807) is 0 Å². The van der Waals surface area contributed by atoms with Crippen LogP contribution in [0.1, 0.15) is 32.6 Å². The molecule has 0 aromatic rings. The van der Waals surface area contributed by atoms with E-state index in [-0.39, 0.29) is 0 Å². The molecule has 0 heterocycles. The molecule has 0 radical (unpaired) electrons. The van der Waals surface area contributed by atoms with Crippen molar-refractivity contribution in [3.8, 4) is 0 Å². The van der Waals surface area contributed by atoms with Gasteiger partial charge in [-0.05, 0) is 38.6 Å². The van der Waals surface area contributed by atoms with Gasteiger partial charge in [0, 0.05) is 17.6 Å². The Morgan fingerprint density at radius 2 is 1.92 bits per heavy atom. The summed E-state index contributed by atoms with van der Waals surface area (Å²) >= 11 is 5.78. The standard InChI is InChI=1S/C11H20ClN/c1-9-4-6-11(7-5-9)13(3)8-10(2)12/h9,11H,2,4-8H2,1,3H3. The lowest BCUT2D eigenvalue weighted by Crippen LogP contribution is -2.35. The van der Waals surface area contributed by atoms with Gasteiger partial charge in [-0.25, -0.2) is 0 Å². The van der Waals surface area contributed by atoms with Crippen LogP contribution in [0.15, 0.2) is 11.6 Å². The van der Waals surface area contributed by atoms with Crippen molar-refractivity contribution >= 4 is 11.6 Å². The minimum atomic E-state index is 0.728. The molecule has 1 rings (SSSR count). The van der Waals surface area contributed by atoms with Gasteiger partial charge in [0.15, 0.2) is 0 Å². The first-order chi connectivity index (χ1) is 6.09. The van der Waals surface area contributed by atoms with Gasteiger partial charge >= 0.3 is 0 Å². The van der Waals surface area contributed by atoms with E-state index in [1.165, 1.54) is 25.7 Å². The molecule has 2 heteroatoms. The van der Waals surface area contributed by atoms with Crippen LogP contribution in [0, 0.1) is 5.92 Å². The van der Waals surface area contributed by atoms with E-state index < -0.39 is 0 Å². The molecule has 76 valence electrons. The topological polar surface area (TPSA) is 3.24 Å². The first kappa shape index (κ1) is 11.1. The summed E-state index contributed by atoms with van der Waals surface area (Å²) in [5.41, 5.74) is 0. The fourth-order valence-corrected chi connectivity index (χ4v) is 2.27. The predicted molar refractivity (Wildman–Crippen MR) is 59.0 cm³/mol. The Morgan fingerprint density at radius 1 is 1.38 bits per heavy atom. The molecule has 1 saturated carbocycles. The van der Waals surface area contributed by atoms with Gasteiger partial charge in [0.2, 0.25) is 0 Å².